The van der Waals surface area contributed by atoms with Crippen LogP contribution in [0, 0.1) is 0 Å². The minimum atomic E-state index is -3.96. The number of hydrogen-bond acceptors (Lipinski definition) is 5. The quantitative estimate of drug-likeness (QED) is 0.555. The molecule has 0 heterocycles. The Morgan fingerprint density at radius 2 is 1.63 bits per heavy atom. The van der Waals surface area contributed by atoms with Crippen molar-refractivity contribution >= 4 is 37.1 Å². The van der Waals surface area contributed by atoms with Crippen LogP contribution in [0.3, 0.4) is 0 Å². The van der Waals surface area contributed by atoms with E-state index in [9.17, 15) is 16.8 Å². The third-order valence-corrected chi connectivity index (χ3v) is 7.20. The molecule has 0 amide bonds. The predicted molar refractivity (Wildman–Crippen MR) is 79.0 cm³/mol. The number of nitrogens with two attached hydrogens (primary N) is 1. The lowest BCUT2D eigenvalue weighted by atomic mass is 9.91. The van der Waals surface area contributed by atoms with Gasteiger partial charge in [-0.05, 0) is 12.8 Å². The molecule has 3 N–H and O–H groups in total. The highest BCUT2D eigenvalue weighted by Crippen LogP contribution is 2.28. The van der Waals surface area contributed by atoms with Gasteiger partial charge >= 0.3 is 0 Å². The second-order valence-corrected chi connectivity index (χ2v) is 9.79. The molecule has 1 saturated carbocycles. The molecule has 112 valence electrons. The van der Waals surface area contributed by atoms with Crippen molar-refractivity contribution in [3.05, 3.63) is 0 Å². The maximum absolute atomic E-state index is 11.9. The van der Waals surface area contributed by atoms with Crippen molar-refractivity contribution in [2.24, 2.45) is 5.73 Å². The lowest BCUT2D eigenvalue weighted by Crippen LogP contribution is -2.57. The van der Waals surface area contributed by atoms with Crippen molar-refractivity contribution in [3.63, 3.8) is 0 Å². The van der Waals surface area contributed by atoms with Crippen LogP contribution in [0.1, 0.15) is 38.5 Å². The van der Waals surface area contributed by atoms with Crippen LogP contribution in [-0.4, -0.2) is 38.7 Å². The van der Waals surface area contributed by atoms with Gasteiger partial charge < -0.3 is 5.73 Å². The fraction of sp³-hybridized carbons (Fsp3) is 0.900. The first-order chi connectivity index (χ1) is 8.56. The van der Waals surface area contributed by atoms with Crippen LogP contribution in [0.15, 0.2) is 0 Å². The zero-order valence-electron chi connectivity index (χ0n) is 10.9. The molecular formula is C10H20N2O4S3. The lowest BCUT2D eigenvalue weighted by Gasteiger charge is -2.32. The molecule has 19 heavy (non-hydrogen) atoms. The van der Waals surface area contributed by atoms with Crippen molar-refractivity contribution in [2.45, 2.75) is 44.1 Å². The van der Waals surface area contributed by atoms with E-state index in [0.717, 1.165) is 31.9 Å². The molecule has 1 aliphatic carbocycles. The average molecular weight is 328 g/mol. The summed E-state index contributed by atoms with van der Waals surface area (Å²) >= 11 is 5.00. The molecule has 1 rings (SSSR count). The van der Waals surface area contributed by atoms with Crippen molar-refractivity contribution < 1.29 is 16.8 Å². The summed E-state index contributed by atoms with van der Waals surface area (Å²) in [6.07, 6.45) is 5.55. The summed E-state index contributed by atoms with van der Waals surface area (Å²) in [6.45, 7) is 0. The first-order valence-electron chi connectivity index (χ1n) is 6.06. The fourth-order valence-corrected chi connectivity index (χ4v) is 6.06. The predicted octanol–water partition coefficient (Wildman–Crippen LogP) is 0.287. The minimum absolute atomic E-state index is 0.0893. The molecule has 1 fully saturated rings. The summed E-state index contributed by atoms with van der Waals surface area (Å²) in [7, 11) is -7.59. The minimum Gasteiger partial charge on any atom is -0.392 e. The van der Waals surface area contributed by atoms with Gasteiger partial charge in [-0.3, -0.25) is 0 Å². The Kier molecular flexibility index (Phi) is 5.33. The molecule has 6 nitrogen and oxygen atoms in total. The Labute approximate surface area is 120 Å². The average Bonchev–Trinajstić information content (AvgIpc) is 2.39. The Bertz CT molecular complexity index is 531. The molecule has 0 spiro atoms. The molecule has 1 aliphatic rings. The normalized spacial score (nSPS) is 20.7. The molecule has 0 atom stereocenters. The smallest absolute Gasteiger partial charge is 0.226 e. The number of hydrogen-bond donors (Lipinski definition) is 2. The molecule has 0 unspecified atom stereocenters. The van der Waals surface area contributed by atoms with Gasteiger partial charge in [0.1, 0.15) is 0 Å². The van der Waals surface area contributed by atoms with Crippen molar-refractivity contribution in [2.75, 3.05) is 11.3 Å². The Morgan fingerprint density at radius 1 is 1.16 bits per heavy atom. The van der Waals surface area contributed by atoms with Gasteiger partial charge in [0.15, 0.2) is 14.9 Å². The molecule has 0 bridgehead atoms. The second-order valence-electron chi connectivity index (χ2n) is 5.12. The van der Waals surface area contributed by atoms with E-state index in [1.54, 1.807) is 0 Å². The van der Waals surface area contributed by atoms with Crippen LogP contribution in [0.2, 0.25) is 0 Å². The van der Waals surface area contributed by atoms with E-state index in [2.05, 4.69) is 4.72 Å². The molecule has 0 aromatic carbocycles. The summed E-state index contributed by atoms with van der Waals surface area (Å²) in [5.41, 5.74) is 4.72. The van der Waals surface area contributed by atoms with E-state index in [4.69, 9.17) is 18.0 Å². The molecule has 0 radical (unpaired) electrons. The van der Waals surface area contributed by atoms with Crippen molar-refractivity contribution in [3.8, 4) is 0 Å². The summed E-state index contributed by atoms with van der Waals surface area (Å²) in [4.78, 5) is 0.0893. The third-order valence-electron chi connectivity index (χ3n) is 3.15. The van der Waals surface area contributed by atoms with E-state index in [1.165, 1.54) is 0 Å². The first kappa shape index (κ1) is 16.8. The van der Waals surface area contributed by atoms with E-state index >= 15 is 0 Å². The molecule has 9 heteroatoms. The van der Waals surface area contributed by atoms with Crippen LogP contribution < -0.4 is 10.5 Å². The standard InChI is InChI=1S/C10H20N2O4S3/c1-18(13,14)8-19(15,16)12-10(9(11)17)6-4-2-3-5-7-10/h12H,2-8H2,1H3,(H2,11,17). The topological polar surface area (TPSA) is 106 Å². The van der Waals surface area contributed by atoms with Crippen molar-refractivity contribution in [1.29, 1.82) is 0 Å². The number of thiocarbonyl (C=S) groups is 1. The number of nitrogens with one attached hydrogen (secondary N) is 1. The Morgan fingerprint density at radius 3 is 2.00 bits per heavy atom. The highest BCUT2D eigenvalue weighted by Gasteiger charge is 2.38. The fourth-order valence-electron chi connectivity index (χ4n) is 2.34. The molecule has 0 aromatic rings. The number of sulfonamides is 1. The Hall–Kier alpha value is -0.250. The summed E-state index contributed by atoms with van der Waals surface area (Å²) in [5, 5.41) is -0.940. The zero-order valence-corrected chi connectivity index (χ0v) is 13.3. The van der Waals surface area contributed by atoms with Gasteiger partial charge in [-0.2, -0.15) is 0 Å². The van der Waals surface area contributed by atoms with E-state index in [1.807, 2.05) is 0 Å². The summed E-state index contributed by atoms with van der Waals surface area (Å²) in [6, 6.07) is 0. The highest BCUT2D eigenvalue weighted by atomic mass is 32.3. The zero-order chi connectivity index (χ0) is 14.7. The summed E-state index contributed by atoms with van der Waals surface area (Å²) < 4.78 is 48.6. The first-order valence-corrected chi connectivity index (χ1v) is 10.2. The molecule has 0 aliphatic heterocycles. The molecular weight excluding hydrogens is 308 g/mol. The summed E-state index contributed by atoms with van der Waals surface area (Å²) in [5.74, 6) is 0. The largest absolute Gasteiger partial charge is 0.392 e. The van der Waals surface area contributed by atoms with Crippen molar-refractivity contribution in [1.82, 2.24) is 4.72 Å². The molecule has 0 aromatic heterocycles. The second kappa shape index (κ2) is 6.02. The van der Waals surface area contributed by atoms with Gasteiger partial charge in [0.05, 0.1) is 10.5 Å². The highest BCUT2D eigenvalue weighted by molar-refractivity contribution is 8.06. The third kappa shape index (κ3) is 5.33. The number of rotatable bonds is 5. The van der Waals surface area contributed by atoms with Gasteiger partial charge in [0.2, 0.25) is 10.0 Å². The maximum Gasteiger partial charge on any atom is 0.226 e. The van der Waals surface area contributed by atoms with Gasteiger partial charge in [-0.25, -0.2) is 21.6 Å². The van der Waals surface area contributed by atoms with E-state index < -0.39 is 30.5 Å². The van der Waals surface area contributed by atoms with Crippen LogP contribution in [0.25, 0.3) is 0 Å². The number of sulfone groups is 1. The lowest BCUT2D eigenvalue weighted by molar-refractivity contribution is 0.442. The Balaban J connectivity index is 2.99. The van der Waals surface area contributed by atoms with Crippen LogP contribution in [-0.2, 0) is 19.9 Å². The van der Waals surface area contributed by atoms with E-state index in [-0.39, 0.29) is 4.99 Å². The van der Waals surface area contributed by atoms with Gasteiger partial charge in [-0.1, -0.05) is 37.9 Å². The SMILES string of the molecule is CS(=O)(=O)CS(=O)(=O)NC1(C(N)=S)CCCCCC1. The van der Waals surface area contributed by atoms with Crippen LogP contribution in [0.5, 0.6) is 0 Å². The van der Waals surface area contributed by atoms with Gasteiger partial charge in [-0.15, -0.1) is 0 Å². The van der Waals surface area contributed by atoms with Gasteiger partial charge in [0.25, 0.3) is 0 Å². The van der Waals surface area contributed by atoms with Crippen LogP contribution >= 0.6 is 12.2 Å². The van der Waals surface area contributed by atoms with Crippen LogP contribution in [0.4, 0.5) is 0 Å². The monoisotopic (exact) mass is 328 g/mol. The molecule has 0 saturated heterocycles. The van der Waals surface area contributed by atoms with Gasteiger partial charge in [0, 0.05) is 6.26 Å². The van der Waals surface area contributed by atoms with E-state index in [0.29, 0.717) is 12.8 Å². The maximum atomic E-state index is 11.9.